The number of hydrogen-bond donors (Lipinski definition) is 1. The van der Waals surface area contributed by atoms with Crippen LogP contribution in [0.2, 0.25) is 0 Å². The Morgan fingerprint density at radius 2 is 2.06 bits per heavy atom. The maximum Gasteiger partial charge on any atom is 0.0979 e. The summed E-state index contributed by atoms with van der Waals surface area (Å²) in [4.78, 5) is 0. The van der Waals surface area contributed by atoms with Gasteiger partial charge in [-0.25, -0.2) is 4.68 Å². The van der Waals surface area contributed by atoms with Gasteiger partial charge in [0, 0.05) is 27.2 Å². The van der Waals surface area contributed by atoms with E-state index in [9.17, 15) is 0 Å². The molecule has 2 unspecified atom stereocenters. The Morgan fingerprint density at radius 1 is 1.33 bits per heavy atom. The fraction of sp³-hybridized carbons (Fsp3) is 0.833. The number of methoxy groups -OCH3 is 2. The van der Waals surface area contributed by atoms with Crippen LogP contribution in [-0.2, 0) is 15.9 Å². The highest BCUT2D eigenvalue weighted by Gasteiger charge is 2.21. The van der Waals surface area contributed by atoms with E-state index in [0.29, 0.717) is 13.2 Å². The van der Waals surface area contributed by atoms with Gasteiger partial charge >= 0.3 is 0 Å². The van der Waals surface area contributed by atoms with Crippen LogP contribution < -0.4 is 5.73 Å². The molecule has 18 heavy (non-hydrogen) atoms. The molecule has 0 fully saturated rings. The molecule has 1 heterocycles. The molecular weight excluding hydrogens is 232 g/mol. The summed E-state index contributed by atoms with van der Waals surface area (Å²) in [5.74, 6) is 0. The topological polar surface area (TPSA) is 75.2 Å². The summed E-state index contributed by atoms with van der Waals surface area (Å²) < 4.78 is 12.4. The Hall–Kier alpha value is -0.980. The molecule has 0 saturated heterocycles. The maximum atomic E-state index is 5.60. The van der Waals surface area contributed by atoms with Crippen LogP contribution in [0.1, 0.15) is 43.8 Å². The molecule has 0 bridgehead atoms. The molecule has 104 valence electrons. The van der Waals surface area contributed by atoms with Crippen LogP contribution in [-0.4, -0.2) is 42.4 Å². The fourth-order valence-corrected chi connectivity index (χ4v) is 1.92. The highest BCUT2D eigenvalue weighted by molar-refractivity contribution is 5.14. The van der Waals surface area contributed by atoms with Crippen molar-refractivity contribution >= 4 is 0 Å². The van der Waals surface area contributed by atoms with Gasteiger partial charge in [0.1, 0.15) is 0 Å². The molecule has 0 aliphatic rings. The van der Waals surface area contributed by atoms with Gasteiger partial charge in [-0.3, -0.25) is 0 Å². The monoisotopic (exact) mass is 256 g/mol. The lowest BCUT2D eigenvalue weighted by Crippen LogP contribution is -2.16. The first kappa shape index (κ1) is 15.1. The highest BCUT2D eigenvalue weighted by atomic mass is 16.5. The van der Waals surface area contributed by atoms with Gasteiger partial charge in [0.15, 0.2) is 0 Å². The second kappa shape index (κ2) is 7.45. The number of ether oxygens (including phenoxy) is 2. The first-order chi connectivity index (χ1) is 8.65. The second-order valence-electron chi connectivity index (χ2n) is 4.41. The Balaban J connectivity index is 2.95. The fourth-order valence-electron chi connectivity index (χ4n) is 1.92. The normalized spacial score (nSPS) is 14.7. The zero-order chi connectivity index (χ0) is 13.5. The molecule has 0 aliphatic heterocycles. The van der Waals surface area contributed by atoms with E-state index in [1.54, 1.807) is 14.2 Å². The van der Waals surface area contributed by atoms with Gasteiger partial charge in [-0.05, 0) is 26.8 Å². The first-order valence-corrected chi connectivity index (χ1v) is 6.31. The van der Waals surface area contributed by atoms with Gasteiger partial charge in [-0.2, -0.15) is 0 Å². The maximum absolute atomic E-state index is 5.60. The lowest BCUT2D eigenvalue weighted by Gasteiger charge is -2.18. The molecule has 0 saturated carbocycles. The molecule has 1 aromatic heterocycles. The standard InChI is InChI=1S/C12H24N4O2/c1-9(6-8-17-3)16-12(10(2)18-4)11(5-7-13)14-15-16/h9-10H,5-8,13H2,1-4H3. The number of aromatic nitrogens is 3. The number of hydrogen-bond acceptors (Lipinski definition) is 5. The van der Waals surface area contributed by atoms with Crippen LogP contribution in [0.4, 0.5) is 0 Å². The van der Waals surface area contributed by atoms with E-state index in [2.05, 4.69) is 17.2 Å². The number of rotatable bonds is 8. The van der Waals surface area contributed by atoms with E-state index >= 15 is 0 Å². The van der Waals surface area contributed by atoms with Crippen LogP contribution in [0.5, 0.6) is 0 Å². The molecule has 0 spiro atoms. The molecule has 1 rings (SSSR count). The minimum atomic E-state index is -0.0356. The molecule has 1 aromatic rings. The lowest BCUT2D eigenvalue weighted by molar-refractivity contribution is 0.107. The summed E-state index contributed by atoms with van der Waals surface area (Å²) in [5.41, 5.74) is 7.55. The zero-order valence-corrected chi connectivity index (χ0v) is 11.7. The summed E-state index contributed by atoms with van der Waals surface area (Å²) in [6.07, 6.45) is 1.58. The third-order valence-electron chi connectivity index (χ3n) is 3.08. The van der Waals surface area contributed by atoms with Crippen molar-refractivity contribution in [2.75, 3.05) is 27.4 Å². The quantitative estimate of drug-likeness (QED) is 0.753. The molecule has 2 N–H and O–H groups in total. The summed E-state index contributed by atoms with van der Waals surface area (Å²) >= 11 is 0. The van der Waals surface area contributed by atoms with Crippen molar-refractivity contribution < 1.29 is 9.47 Å². The predicted octanol–water partition coefficient (Wildman–Crippen LogP) is 1.08. The molecule has 0 radical (unpaired) electrons. The van der Waals surface area contributed by atoms with E-state index in [1.165, 1.54) is 0 Å². The molecule has 0 amide bonds. The van der Waals surface area contributed by atoms with Crippen molar-refractivity contribution in [3.8, 4) is 0 Å². The van der Waals surface area contributed by atoms with Gasteiger partial charge in [0.05, 0.1) is 23.5 Å². The van der Waals surface area contributed by atoms with E-state index in [0.717, 1.165) is 24.2 Å². The zero-order valence-electron chi connectivity index (χ0n) is 11.7. The predicted molar refractivity (Wildman–Crippen MR) is 69.4 cm³/mol. The number of nitrogens with zero attached hydrogens (tertiary/aromatic N) is 3. The molecule has 0 aromatic carbocycles. The lowest BCUT2D eigenvalue weighted by atomic mass is 10.1. The van der Waals surface area contributed by atoms with Crippen LogP contribution in [0.15, 0.2) is 0 Å². The molecule has 2 atom stereocenters. The van der Waals surface area contributed by atoms with E-state index in [4.69, 9.17) is 15.2 Å². The smallest absolute Gasteiger partial charge is 0.0979 e. The second-order valence-corrected chi connectivity index (χ2v) is 4.41. The SMILES string of the molecule is COCCC(C)n1nnc(CCN)c1C(C)OC. The Kier molecular flexibility index (Phi) is 6.24. The molecule has 0 aliphatic carbocycles. The van der Waals surface area contributed by atoms with Crippen LogP contribution in [0.25, 0.3) is 0 Å². The van der Waals surface area contributed by atoms with Gasteiger partial charge in [-0.15, -0.1) is 5.10 Å². The summed E-state index contributed by atoms with van der Waals surface area (Å²) in [7, 11) is 3.39. The average Bonchev–Trinajstić information content (AvgIpc) is 2.79. The number of nitrogens with two attached hydrogens (primary N) is 1. The molecular formula is C12H24N4O2. The van der Waals surface area contributed by atoms with Crippen LogP contribution >= 0.6 is 0 Å². The van der Waals surface area contributed by atoms with Crippen molar-refractivity contribution in [1.82, 2.24) is 15.0 Å². The van der Waals surface area contributed by atoms with Crippen molar-refractivity contribution in [3.05, 3.63) is 11.4 Å². The Bertz CT molecular complexity index is 354. The van der Waals surface area contributed by atoms with Crippen molar-refractivity contribution in [2.24, 2.45) is 5.73 Å². The van der Waals surface area contributed by atoms with E-state index < -0.39 is 0 Å². The minimum Gasteiger partial charge on any atom is -0.385 e. The van der Waals surface area contributed by atoms with Crippen LogP contribution in [0, 0.1) is 0 Å². The average molecular weight is 256 g/mol. The molecule has 6 heteroatoms. The molecule has 6 nitrogen and oxygen atoms in total. The summed E-state index contributed by atoms with van der Waals surface area (Å²) in [5, 5.41) is 8.45. The highest BCUT2D eigenvalue weighted by Crippen LogP contribution is 2.23. The Morgan fingerprint density at radius 3 is 2.61 bits per heavy atom. The van der Waals surface area contributed by atoms with E-state index in [-0.39, 0.29) is 12.1 Å². The van der Waals surface area contributed by atoms with Crippen molar-refractivity contribution in [1.29, 1.82) is 0 Å². The summed E-state index contributed by atoms with van der Waals surface area (Å²) in [6.45, 7) is 5.37. The first-order valence-electron chi connectivity index (χ1n) is 6.31. The van der Waals surface area contributed by atoms with Crippen LogP contribution in [0.3, 0.4) is 0 Å². The summed E-state index contributed by atoms with van der Waals surface area (Å²) in [6, 6.07) is 0.233. The van der Waals surface area contributed by atoms with Gasteiger partial charge in [0.2, 0.25) is 0 Å². The van der Waals surface area contributed by atoms with Gasteiger partial charge < -0.3 is 15.2 Å². The van der Waals surface area contributed by atoms with Gasteiger partial charge in [0.25, 0.3) is 0 Å². The third kappa shape index (κ3) is 3.51. The minimum absolute atomic E-state index is 0.0356. The van der Waals surface area contributed by atoms with Crippen molar-refractivity contribution in [2.45, 2.75) is 38.8 Å². The largest absolute Gasteiger partial charge is 0.385 e. The van der Waals surface area contributed by atoms with Crippen molar-refractivity contribution in [3.63, 3.8) is 0 Å². The van der Waals surface area contributed by atoms with Gasteiger partial charge in [-0.1, -0.05) is 5.21 Å². The Labute approximate surface area is 108 Å². The van der Waals surface area contributed by atoms with E-state index in [1.807, 2.05) is 11.6 Å². The third-order valence-corrected chi connectivity index (χ3v) is 3.08.